The van der Waals surface area contributed by atoms with Crippen LogP contribution in [0, 0.1) is 0 Å². The first kappa shape index (κ1) is 26.1. The number of aromatic hydroxyl groups is 3. The highest BCUT2D eigenvalue weighted by Crippen LogP contribution is 2.27. The molecule has 0 saturated carbocycles. The fourth-order valence-electron chi connectivity index (χ4n) is 4.31. The molecule has 6 rings (SSSR count). The van der Waals surface area contributed by atoms with E-state index in [0.29, 0.717) is 17.6 Å². The van der Waals surface area contributed by atoms with Crippen LogP contribution >= 0.6 is 0 Å². The minimum Gasteiger partial charge on any atom is -0.508 e. The number of hydrogen-bond acceptors (Lipinski definition) is 9. The zero-order chi connectivity index (χ0) is 28.9. The van der Waals surface area contributed by atoms with Crippen LogP contribution in [0.3, 0.4) is 0 Å². The summed E-state index contributed by atoms with van der Waals surface area (Å²) in [7, 11) is 0. The molecular formula is C33H26N6O3. The van der Waals surface area contributed by atoms with E-state index in [2.05, 4.69) is 30.9 Å². The lowest BCUT2D eigenvalue weighted by Gasteiger charge is -2.12. The van der Waals surface area contributed by atoms with E-state index in [0.717, 1.165) is 33.6 Å². The predicted molar refractivity (Wildman–Crippen MR) is 165 cm³/mol. The maximum absolute atomic E-state index is 9.88. The van der Waals surface area contributed by atoms with Gasteiger partial charge in [0, 0.05) is 23.1 Å². The molecule has 0 fully saturated rings. The molecule has 0 bridgehead atoms. The number of hydrogen-bond donors (Lipinski definition) is 6. The minimum absolute atomic E-state index is 0.119. The standard InChI is InChI=1S/C33H26N6O3/c40-28-16-8-23(9-17-28)21-4-12-25(13-5-21)34-31-37-32(39-33(38-31)36-27-2-1-3-30(42)20-27)35-26-14-6-22(7-15-26)24-10-18-29(41)19-11-24/h1-20,40-42H,(H3,34,35,36,37,38,39). The fourth-order valence-corrected chi connectivity index (χ4v) is 4.31. The number of benzene rings is 5. The quantitative estimate of drug-likeness (QED) is 0.113. The lowest BCUT2D eigenvalue weighted by molar-refractivity contribution is 0.475. The summed E-state index contributed by atoms with van der Waals surface area (Å²) in [6.07, 6.45) is 0. The second-order valence-corrected chi connectivity index (χ2v) is 9.48. The van der Waals surface area contributed by atoms with Crippen molar-refractivity contribution >= 4 is 34.9 Å². The van der Waals surface area contributed by atoms with Crippen LogP contribution in [-0.2, 0) is 0 Å². The molecule has 42 heavy (non-hydrogen) atoms. The monoisotopic (exact) mass is 554 g/mol. The smallest absolute Gasteiger partial charge is 0.233 e. The van der Waals surface area contributed by atoms with E-state index in [9.17, 15) is 15.3 Å². The summed E-state index contributed by atoms with van der Waals surface area (Å²) < 4.78 is 0. The van der Waals surface area contributed by atoms with Gasteiger partial charge in [0.05, 0.1) is 0 Å². The average Bonchev–Trinajstić information content (AvgIpc) is 2.99. The Kier molecular flexibility index (Phi) is 7.20. The molecule has 5 aromatic carbocycles. The molecule has 206 valence electrons. The number of anilines is 6. The number of aromatic nitrogens is 3. The van der Waals surface area contributed by atoms with E-state index < -0.39 is 0 Å². The zero-order valence-electron chi connectivity index (χ0n) is 22.2. The average molecular weight is 555 g/mol. The van der Waals surface area contributed by atoms with Gasteiger partial charge in [-0.1, -0.05) is 54.6 Å². The molecule has 0 aliphatic carbocycles. The maximum atomic E-state index is 9.88. The minimum atomic E-state index is 0.119. The van der Waals surface area contributed by atoms with Crippen molar-refractivity contribution < 1.29 is 15.3 Å². The third kappa shape index (κ3) is 6.37. The van der Waals surface area contributed by atoms with Crippen molar-refractivity contribution in [3.8, 4) is 39.5 Å². The molecule has 6 N–H and O–H groups in total. The summed E-state index contributed by atoms with van der Waals surface area (Å²) in [5.41, 5.74) is 6.14. The molecule has 6 aromatic rings. The number of phenols is 3. The highest BCUT2D eigenvalue weighted by molar-refractivity contribution is 5.70. The van der Waals surface area contributed by atoms with Gasteiger partial charge in [-0.05, 0) is 82.9 Å². The van der Waals surface area contributed by atoms with Gasteiger partial charge in [-0.2, -0.15) is 15.0 Å². The molecule has 0 saturated heterocycles. The van der Waals surface area contributed by atoms with Crippen molar-refractivity contribution in [2.75, 3.05) is 16.0 Å². The lowest BCUT2D eigenvalue weighted by atomic mass is 10.1. The molecule has 1 aromatic heterocycles. The molecule has 0 radical (unpaired) electrons. The van der Waals surface area contributed by atoms with Gasteiger partial charge >= 0.3 is 0 Å². The number of nitrogens with one attached hydrogen (secondary N) is 3. The molecule has 0 atom stereocenters. The van der Waals surface area contributed by atoms with Crippen molar-refractivity contribution in [2.24, 2.45) is 0 Å². The zero-order valence-corrected chi connectivity index (χ0v) is 22.2. The van der Waals surface area contributed by atoms with Gasteiger partial charge in [0.2, 0.25) is 17.8 Å². The van der Waals surface area contributed by atoms with Crippen molar-refractivity contribution in [3.05, 3.63) is 121 Å². The van der Waals surface area contributed by atoms with Crippen LogP contribution in [0.5, 0.6) is 17.2 Å². The van der Waals surface area contributed by atoms with Gasteiger partial charge in [0.25, 0.3) is 0 Å². The Bertz CT molecular complexity index is 1700. The molecular weight excluding hydrogens is 528 g/mol. The normalized spacial score (nSPS) is 10.7. The van der Waals surface area contributed by atoms with Crippen LogP contribution in [0.2, 0.25) is 0 Å². The Balaban J connectivity index is 1.25. The van der Waals surface area contributed by atoms with Crippen molar-refractivity contribution in [1.82, 2.24) is 15.0 Å². The van der Waals surface area contributed by atoms with E-state index >= 15 is 0 Å². The van der Waals surface area contributed by atoms with E-state index in [4.69, 9.17) is 0 Å². The first-order valence-electron chi connectivity index (χ1n) is 13.1. The molecule has 0 unspecified atom stereocenters. The number of rotatable bonds is 8. The fraction of sp³-hybridized carbons (Fsp3) is 0. The molecule has 1 heterocycles. The van der Waals surface area contributed by atoms with Crippen LogP contribution in [0.4, 0.5) is 34.9 Å². The van der Waals surface area contributed by atoms with Crippen molar-refractivity contribution in [1.29, 1.82) is 0 Å². The van der Waals surface area contributed by atoms with Gasteiger partial charge in [-0.25, -0.2) is 0 Å². The maximum Gasteiger partial charge on any atom is 0.233 e. The third-order valence-electron chi connectivity index (χ3n) is 6.42. The summed E-state index contributed by atoms with van der Waals surface area (Å²) in [5.74, 6) is 1.47. The Morgan fingerprint density at radius 2 is 0.714 bits per heavy atom. The molecule has 9 nitrogen and oxygen atoms in total. The van der Waals surface area contributed by atoms with E-state index in [1.807, 2.05) is 72.8 Å². The highest BCUT2D eigenvalue weighted by atomic mass is 16.3. The summed E-state index contributed by atoms with van der Waals surface area (Å²) >= 11 is 0. The SMILES string of the molecule is Oc1ccc(-c2ccc(Nc3nc(Nc4ccc(-c5ccc(O)cc5)cc4)nc(Nc4cccc(O)c4)n3)cc2)cc1. The Morgan fingerprint density at radius 3 is 1.10 bits per heavy atom. The van der Waals surface area contributed by atoms with E-state index in [1.54, 1.807) is 48.5 Å². The number of phenolic OH excluding ortho intramolecular Hbond substituents is 3. The summed E-state index contributed by atoms with van der Waals surface area (Å²) in [5, 5.41) is 38.6. The lowest BCUT2D eigenvalue weighted by Crippen LogP contribution is -2.07. The van der Waals surface area contributed by atoms with Gasteiger partial charge in [0.15, 0.2) is 0 Å². The molecule has 0 aliphatic rings. The molecule has 0 amide bonds. The van der Waals surface area contributed by atoms with Gasteiger partial charge < -0.3 is 31.3 Å². The van der Waals surface area contributed by atoms with Crippen LogP contribution in [0.1, 0.15) is 0 Å². The summed E-state index contributed by atoms with van der Waals surface area (Å²) in [4.78, 5) is 13.6. The second-order valence-electron chi connectivity index (χ2n) is 9.48. The first-order chi connectivity index (χ1) is 20.5. The molecule has 0 aliphatic heterocycles. The van der Waals surface area contributed by atoms with Crippen molar-refractivity contribution in [2.45, 2.75) is 0 Å². The van der Waals surface area contributed by atoms with Gasteiger partial charge in [0.1, 0.15) is 17.2 Å². The number of nitrogens with zero attached hydrogens (tertiary/aromatic N) is 3. The third-order valence-corrected chi connectivity index (χ3v) is 6.42. The first-order valence-corrected chi connectivity index (χ1v) is 13.1. The van der Waals surface area contributed by atoms with Gasteiger partial charge in [-0.3, -0.25) is 0 Å². The highest BCUT2D eigenvalue weighted by Gasteiger charge is 2.10. The van der Waals surface area contributed by atoms with Crippen LogP contribution in [0.25, 0.3) is 22.3 Å². The molecule has 0 spiro atoms. The Hall–Kier alpha value is -6.09. The largest absolute Gasteiger partial charge is 0.508 e. The predicted octanol–water partition coefficient (Wildman–Crippen LogP) is 7.55. The van der Waals surface area contributed by atoms with E-state index in [1.165, 1.54) is 0 Å². The van der Waals surface area contributed by atoms with E-state index in [-0.39, 0.29) is 23.2 Å². The Morgan fingerprint density at radius 1 is 0.357 bits per heavy atom. The summed E-state index contributed by atoms with van der Waals surface area (Å²) in [6, 6.07) is 36.3. The van der Waals surface area contributed by atoms with Crippen LogP contribution in [0.15, 0.2) is 121 Å². The van der Waals surface area contributed by atoms with Crippen LogP contribution < -0.4 is 16.0 Å². The Labute approximate surface area is 241 Å². The summed E-state index contributed by atoms with van der Waals surface area (Å²) in [6.45, 7) is 0. The second kappa shape index (κ2) is 11.6. The topological polar surface area (TPSA) is 135 Å². The van der Waals surface area contributed by atoms with Gasteiger partial charge in [-0.15, -0.1) is 0 Å². The molecule has 9 heteroatoms. The van der Waals surface area contributed by atoms with Crippen LogP contribution in [-0.4, -0.2) is 30.3 Å². The van der Waals surface area contributed by atoms with Crippen molar-refractivity contribution in [3.63, 3.8) is 0 Å².